The lowest BCUT2D eigenvalue weighted by atomic mass is 9.99. The van der Waals surface area contributed by atoms with Gasteiger partial charge in [0.2, 0.25) is 29.5 Å². The fourth-order valence-corrected chi connectivity index (χ4v) is 3.93. The molecule has 0 rings (SSSR count). The number of ether oxygens (including phenoxy) is 1. The molecule has 9 N–H and O–H groups in total. The molecular weight excluding hydrogens is 628 g/mol. The molecule has 0 bridgehead atoms. The Morgan fingerprint density at radius 2 is 1.08 bits per heavy atom. The second kappa shape index (κ2) is 24.1. The van der Waals surface area contributed by atoms with Crippen LogP contribution in [0.25, 0.3) is 0 Å². The Morgan fingerprint density at radius 3 is 1.50 bits per heavy atom. The lowest BCUT2D eigenvalue weighted by molar-refractivity contribution is -0.140. The zero-order valence-electron chi connectivity index (χ0n) is 29.8. The SMILES string of the molecule is C=C(C)C(=O)OCCO.CC(C)C[C@H](NC(=O)[C@H](CC(C)C)NC(=O)[C@@H](N)CC(C)C)C(=O)N[C@@H](C)C(=O)N[C@@H](C)C(=O)NCC(=O)O. The maximum Gasteiger partial charge on any atom is 0.333 e. The second-order valence-corrected chi connectivity index (χ2v) is 12.8. The van der Waals surface area contributed by atoms with E-state index in [0.29, 0.717) is 18.4 Å². The number of aliphatic hydroxyl groups is 1. The van der Waals surface area contributed by atoms with Crippen LogP contribution in [0.4, 0.5) is 0 Å². The van der Waals surface area contributed by atoms with Crippen molar-refractivity contribution in [1.82, 2.24) is 26.6 Å². The van der Waals surface area contributed by atoms with E-state index in [1.165, 1.54) is 13.8 Å². The van der Waals surface area contributed by atoms with E-state index in [4.69, 9.17) is 15.9 Å². The van der Waals surface area contributed by atoms with Crippen molar-refractivity contribution >= 4 is 41.5 Å². The fraction of sp³-hybridized carbons (Fsp3) is 0.719. The molecule has 0 heterocycles. The smallest absolute Gasteiger partial charge is 0.333 e. The Labute approximate surface area is 283 Å². The maximum absolute atomic E-state index is 13.2. The number of rotatable bonds is 20. The van der Waals surface area contributed by atoms with Crippen LogP contribution in [0.1, 0.15) is 81.6 Å². The van der Waals surface area contributed by atoms with Gasteiger partial charge in [-0.05, 0) is 57.8 Å². The lowest BCUT2D eigenvalue weighted by Crippen LogP contribution is -2.58. The first-order valence-electron chi connectivity index (χ1n) is 16.0. The summed E-state index contributed by atoms with van der Waals surface area (Å²) in [5.74, 6) is -4.34. The fourth-order valence-electron chi connectivity index (χ4n) is 3.93. The first-order valence-corrected chi connectivity index (χ1v) is 16.0. The van der Waals surface area contributed by atoms with Crippen LogP contribution >= 0.6 is 0 Å². The minimum absolute atomic E-state index is 0.0146. The highest BCUT2D eigenvalue weighted by molar-refractivity contribution is 5.96. The van der Waals surface area contributed by atoms with Gasteiger partial charge in [-0.25, -0.2) is 4.79 Å². The van der Waals surface area contributed by atoms with Gasteiger partial charge in [-0.1, -0.05) is 48.1 Å². The van der Waals surface area contributed by atoms with Crippen LogP contribution in [0.5, 0.6) is 0 Å². The third kappa shape index (κ3) is 21.7. The van der Waals surface area contributed by atoms with Gasteiger partial charge in [0.15, 0.2) is 0 Å². The summed E-state index contributed by atoms with van der Waals surface area (Å²) in [7, 11) is 0. The number of amides is 5. The number of esters is 1. The summed E-state index contributed by atoms with van der Waals surface area (Å²) in [4.78, 5) is 84.4. The molecule has 0 aliphatic rings. The van der Waals surface area contributed by atoms with Crippen LogP contribution in [0, 0.1) is 17.8 Å². The molecule has 16 heteroatoms. The molecule has 0 fully saturated rings. The Kier molecular flexibility index (Phi) is 23.2. The molecule has 5 atom stereocenters. The predicted octanol–water partition coefficient (Wildman–Crippen LogP) is -0.270. The zero-order valence-corrected chi connectivity index (χ0v) is 29.8. The van der Waals surface area contributed by atoms with E-state index in [9.17, 15) is 33.6 Å². The summed E-state index contributed by atoms with van der Waals surface area (Å²) in [5, 5.41) is 29.4. The van der Waals surface area contributed by atoms with E-state index >= 15 is 0 Å². The lowest BCUT2D eigenvalue weighted by Gasteiger charge is -2.27. The number of carbonyl (C=O) groups excluding carboxylic acids is 6. The molecule has 0 spiro atoms. The number of carboxylic acid groups (broad SMARTS) is 1. The highest BCUT2D eigenvalue weighted by Gasteiger charge is 2.31. The topological polar surface area (TPSA) is 255 Å². The van der Waals surface area contributed by atoms with Gasteiger partial charge in [-0.3, -0.25) is 28.8 Å². The van der Waals surface area contributed by atoms with Gasteiger partial charge < -0.3 is 47.3 Å². The molecule has 0 aliphatic carbocycles. The minimum atomic E-state index is -1.23. The van der Waals surface area contributed by atoms with E-state index in [2.05, 4.69) is 37.9 Å². The number of nitrogens with one attached hydrogen (secondary N) is 5. The summed E-state index contributed by atoms with van der Waals surface area (Å²) in [6, 6.07) is -4.75. The van der Waals surface area contributed by atoms with E-state index in [1.807, 2.05) is 41.5 Å². The Hall–Kier alpha value is -4.05. The van der Waals surface area contributed by atoms with Crippen molar-refractivity contribution in [2.24, 2.45) is 23.5 Å². The molecule has 0 aliphatic heterocycles. The van der Waals surface area contributed by atoms with Gasteiger partial charge in [0.1, 0.15) is 37.3 Å². The molecule has 0 unspecified atom stereocenters. The summed E-state index contributed by atoms with van der Waals surface area (Å²) in [6.45, 7) is 18.5. The molecule has 276 valence electrons. The van der Waals surface area contributed by atoms with Crippen LogP contribution in [0.2, 0.25) is 0 Å². The molecule has 5 amide bonds. The number of carboxylic acids is 1. The van der Waals surface area contributed by atoms with Crippen LogP contribution in [0.15, 0.2) is 12.2 Å². The first kappa shape index (κ1) is 46.1. The molecule has 0 aromatic heterocycles. The summed E-state index contributed by atoms with van der Waals surface area (Å²) in [5.41, 5.74) is 6.33. The molecule has 16 nitrogen and oxygen atoms in total. The Balaban J connectivity index is 0. The average molecular weight is 687 g/mol. The average Bonchev–Trinajstić information content (AvgIpc) is 2.96. The third-order valence-corrected chi connectivity index (χ3v) is 6.33. The van der Waals surface area contributed by atoms with Crippen molar-refractivity contribution in [2.45, 2.75) is 112 Å². The molecule has 48 heavy (non-hydrogen) atoms. The van der Waals surface area contributed by atoms with Gasteiger partial charge in [-0.15, -0.1) is 0 Å². The van der Waals surface area contributed by atoms with Crippen LogP contribution in [-0.4, -0.2) is 102 Å². The molecule has 0 aromatic rings. The highest BCUT2D eigenvalue weighted by Crippen LogP contribution is 2.10. The van der Waals surface area contributed by atoms with Crippen molar-refractivity contribution in [3.8, 4) is 0 Å². The third-order valence-electron chi connectivity index (χ3n) is 6.33. The van der Waals surface area contributed by atoms with E-state index in [-0.39, 0.29) is 37.4 Å². The standard InChI is InChI=1S/C26H48N6O7.C6H10O3/c1-13(2)9-18(27)24(37)31-20(11-15(5)6)26(39)32-19(10-14(3)4)25(38)30-17(8)23(36)29-16(7)22(35)28-12-21(33)34;1-5(2)6(8)9-4-3-7/h13-20H,9-12,27H2,1-8H3,(H,28,35)(H,29,36)(H,30,38)(H,31,37)(H,32,39)(H,33,34);7H,1,3-4H2,2H3/t16-,17-,18-,19-,20-;/m0./s1. The largest absolute Gasteiger partial charge is 0.480 e. The number of carbonyl (C=O) groups is 7. The molecular formula is C32H58N6O10. The summed E-state index contributed by atoms with van der Waals surface area (Å²) < 4.78 is 4.46. The molecule has 0 saturated heterocycles. The monoisotopic (exact) mass is 686 g/mol. The van der Waals surface area contributed by atoms with Crippen LogP contribution in [0.3, 0.4) is 0 Å². The number of hydrogen-bond acceptors (Lipinski definition) is 10. The van der Waals surface area contributed by atoms with E-state index in [0.717, 1.165) is 0 Å². The molecule has 0 aromatic carbocycles. The minimum Gasteiger partial charge on any atom is -0.480 e. The summed E-state index contributed by atoms with van der Waals surface area (Å²) in [6.07, 6.45) is 1.07. The predicted molar refractivity (Wildman–Crippen MR) is 179 cm³/mol. The van der Waals surface area contributed by atoms with Crippen molar-refractivity contribution < 1.29 is 48.5 Å². The summed E-state index contributed by atoms with van der Waals surface area (Å²) >= 11 is 0. The van der Waals surface area contributed by atoms with Gasteiger partial charge in [0.25, 0.3) is 0 Å². The van der Waals surface area contributed by atoms with Crippen LogP contribution in [-0.2, 0) is 38.3 Å². The van der Waals surface area contributed by atoms with Gasteiger partial charge in [0.05, 0.1) is 12.6 Å². The second-order valence-electron chi connectivity index (χ2n) is 12.8. The molecule has 0 radical (unpaired) electrons. The van der Waals surface area contributed by atoms with Gasteiger partial charge >= 0.3 is 11.9 Å². The Morgan fingerprint density at radius 1 is 0.667 bits per heavy atom. The maximum atomic E-state index is 13.2. The highest BCUT2D eigenvalue weighted by atomic mass is 16.5. The Bertz CT molecular complexity index is 1100. The van der Waals surface area contributed by atoms with Crippen LogP contribution < -0.4 is 32.3 Å². The first-order chi connectivity index (χ1) is 22.1. The number of nitrogens with two attached hydrogens (primary N) is 1. The number of aliphatic carboxylic acids is 1. The number of hydrogen-bond donors (Lipinski definition) is 8. The van der Waals surface area contributed by atoms with Crippen molar-refractivity contribution in [3.05, 3.63) is 12.2 Å². The van der Waals surface area contributed by atoms with E-state index < -0.39 is 78.2 Å². The van der Waals surface area contributed by atoms with Crippen molar-refractivity contribution in [2.75, 3.05) is 19.8 Å². The van der Waals surface area contributed by atoms with Gasteiger partial charge in [-0.2, -0.15) is 0 Å². The quantitative estimate of drug-likeness (QED) is 0.0611. The van der Waals surface area contributed by atoms with E-state index in [1.54, 1.807) is 6.92 Å². The number of aliphatic hydroxyl groups excluding tert-OH is 1. The zero-order chi connectivity index (χ0) is 37.7. The van der Waals surface area contributed by atoms with Gasteiger partial charge in [0, 0.05) is 5.57 Å². The molecule has 0 saturated carbocycles. The van der Waals surface area contributed by atoms with Crippen molar-refractivity contribution in [1.29, 1.82) is 0 Å². The normalized spacial score (nSPS) is 13.9. The van der Waals surface area contributed by atoms with Crippen molar-refractivity contribution in [3.63, 3.8) is 0 Å².